The summed E-state index contributed by atoms with van der Waals surface area (Å²) in [7, 11) is 2.05. The Morgan fingerprint density at radius 1 is 1.50 bits per heavy atom. The van der Waals surface area contributed by atoms with Crippen molar-refractivity contribution >= 4 is 11.0 Å². The summed E-state index contributed by atoms with van der Waals surface area (Å²) >= 11 is 0. The molecule has 1 atom stereocenters. The fourth-order valence-corrected chi connectivity index (χ4v) is 2.79. The second-order valence-corrected chi connectivity index (χ2v) is 5.20. The molecule has 0 spiro atoms. The molecule has 2 N–H and O–H groups in total. The van der Waals surface area contributed by atoms with Crippen LogP contribution in [0, 0.1) is 0 Å². The van der Waals surface area contributed by atoms with E-state index >= 15 is 0 Å². The molecule has 0 saturated carbocycles. The lowest BCUT2D eigenvalue weighted by molar-refractivity contribution is 0.00761. The zero-order valence-corrected chi connectivity index (χ0v) is 10.9. The van der Waals surface area contributed by atoms with Crippen molar-refractivity contribution in [2.45, 2.75) is 31.9 Å². The molecule has 3 rings (SSSR count). The summed E-state index contributed by atoms with van der Waals surface area (Å²) in [5.41, 5.74) is 8.73. The largest absolute Gasteiger partial charge is 0.367 e. The van der Waals surface area contributed by atoms with Crippen LogP contribution in [0.2, 0.25) is 0 Å². The Hall–Kier alpha value is -1.39. The van der Waals surface area contributed by atoms with E-state index in [0.29, 0.717) is 6.54 Å². The maximum Gasteiger partial charge on any atom is 0.141 e. The van der Waals surface area contributed by atoms with Gasteiger partial charge in [0.15, 0.2) is 0 Å². The smallest absolute Gasteiger partial charge is 0.141 e. The van der Waals surface area contributed by atoms with Gasteiger partial charge in [-0.1, -0.05) is 6.07 Å². The van der Waals surface area contributed by atoms with Crippen molar-refractivity contribution in [3.63, 3.8) is 0 Å². The molecular formula is C14H19N3O. The van der Waals surface area contributed by atoms with Gasteiger partial charge in [-0.25, -0.2) is 4.98 Å². The number of nitrogens with zero attached hydrogens (tertiary/aromatic N) is 2. The number of imidazole rings is 1. The van der Waals surface area contributed by atoms with E-state index in [9.17, 15) is 0 Å². The maximum absolute atomic E-state index is 5.89. The standard InChI is InChI=1S/C14H19N3O/c1-14(6-3-7-18-14)13-16-11-5-4-10(9-15)8-12(11)17(13)2/h4-5,8H,3,6-7,9,15H2,1-2H3. The van der Waals surface area contributed by atoms with Gasteiger partial charge < -0.3 is 15.0 Å². The third-order valence-electron chi connectivity index (χ3n) is 3.87. The van der Waals surface area contributed by atoms with Gasteiger partial charge in [0, 0.05) is 20.2 Å². The molecule has 0 amide bonds. The van der Waals surface area contributed by atoms with Gasteiger partial charge in [0.1, 0.15) is 11.4 Å². The molecule has 4 nitrogen and oxygen atoms in total. The summed E-state index contributed by atoms with van der Waals surface area (Å²) in [6, 6.07) is 6.19. The van der Waals surface area contributed by atoms with Gasteiger partial charge in [-0.15, -0.1) is 0 Å². The van der Waals surface area contributed by atoms with Crippen molar-refractivity contribution < 1.29 is 4.74 Å². The predicted molar refractivity (Wildman–Crippen MR) is 71.1 cm³/mol. The van der Waals surface area contributed by atoms with Crippen LogP contribution in [0.25, 0.3) is 11.0 Å². The highest BCUT2D eigenvalue weighted by atomic mass is 16.5. The van der Waals surface area contributed by atoms with Crippen LogP contribution in [-0.2, 0) is 23.9 Å². The van der Waals surface area contributed by atoms with Crippen LogP contribution < -0.4 is 5.73 Å². The van der Waals surface area contributed by atoms with E-state index in [4.69, 9.17) is 15.5 Å². The second-order valence-electron chi connectivity index (χ2n) is 5.20. The second kappa shape index (κ2) is 4.07. The number of aromatic nitrogens is 2. The first-order valence-corrected chi connectivity index (χ1v) is 6.44. The van der Waals surface area contributed by atoms with Crippen molar-refractivity contribution in [1.82, 2.24) is 9.55 Å². The Morgan fingerprint density at radius 2 is 2.33 bits per heavy atom. The van der Waals surface area contributed by atoms with E-state index < -0.39 is 0 Å². The Bertz CT molecular complexity index is 582. The lowest BCUT2D eigenvalue weighted by Gasteiger charge is -2.22. The van der Waals surface area contributed by atoms with Gasteiger partial charge in [-0.05, 0) is 37.5 Å². The number of fused-ring (bicyclic) bond motifs is 1. The van der Waals surface area contributed by atoms with Gasteiger partial charge in [-0.3, -0.25) is 0 Å². The normalized spacial score (nSPS) is 23.9. The molecule has 2 aromatic rings. The van der Waals surface area contributed by atoms with Crippen LogP contribution >= 0.6 is 0 Å². The van der Waals surface area contributed by atoms with Crippen LogP contribution in [0.3, 0.4) is 0 Å². The molecule has 1 fully saturated rings. The van der Waals surface area contributed by atoms with Crippen molar-refractivity contribution in [3.8, 4) is 0 Å². The third kappa shape index (κ3) is 1.64. The molecule has 0 radical (unpaired) electrons. The van der Waals surface area contributed by atoms with Crippen LogP contribution in [0.1, 0.15) is 31.2 Å². The van der Waals surface area contributed by atoms with E-state index in [2.05, 4.69) is 24.6 Å². The summed E-state index contributed by atoms with van der Waals surface area (Å²) < 4.78 is 8.02. The molecule has 1 aliphatic rings. The molecular weight excluding hydrogens is 226 g/mol. The summed E-state index contributed by atoms with van der Waals surface area (Å²) in [6.45, 7) is 3.52. The Morgan fingerprint density at radius 3 is 3.00 bits per heavy atom. The van der Waals surface area contributed by atoms with Crippen LogP contribution in [0.5, 0.6) is 0 Å². The number of benzene rings is 1. The number of aryl methyl sites for hydroxylation is 1. The summed E-state index contributed by atoms with van der Waals surface area (Å²) in [5.74, 6) is 1.02. The lowest BCUT2D eigenvalue weighted by Crippen LogP contribution is -2.24. The highest BCUT2D eigenvalue weighted by Gasteiger charge is 2.36. The first kappa shape index (κ1) is 11.7. The predicted octanol–water partition coefficient (Wildman–Crippen LogP) is 2.06. The van der Waals surface area contributed by atoms with Gasteiger partial charge in [0.05, 0.1) is 11.0 Å². The minimum Gasteiger partial charge on any atom is -0.367 e. The highest BCUT2D eigenvalue weighted by molar-refractivity contribution is 5.77. The fraction of sp³-hybridized carbons (Fsp3) is 0.500. The van der Waals surface area contributed by atoms with Crippen molar-refractivity contribution in [2.75, 3.05) is 6.61 Å². The van der Waals surface area contributed by atoms with Gasteiger partial charge in [0.25, 0.3) is 0 Å². The van der Waals surface area contributed by atoms with Crippen molar-refractivity contribution in [3.05, 3.63) is 29.6 Å². The molecule has 2 heterocycles. The zero-order chi connectivity index (χ0) is 12.8. The molecule has 1 aromatic heterocycles. The minimum absolute atomic E-state index is 0.239. The SMILES string of the molecule is Cn1c(C2(C)CCCO2)nc2ccc(CN)cc21. The average molecular weight is 245 g/mol. The molecule has 4 heteroatoms. The number of nitrogens with two attached hydrogens (primary N) is 1. The summed E-state index contributed by atoms with van der Waals surface area (Å²) in [5, 5.41) is 0. The number of hydrogen-bond acceptors (Lipinski definition) is 3. The monoisotopic (exact) mass is 245 g/mol. The van der Waals surface area contributed by atoms with Crippen molar-refractivity contribution in [1.29, 1.82) is 0 Å². The van der Waals surface area contributed by atoms with E-state index in [1.54, 1.807) is 0 Å². The lowest BCUT2D eigenvalue weighted by atomic mass is 10.0. The molecule has 1 unspecified atom stereocenters. The first-order valence-electron chi connectivity index (χ1n) is 6.44. The topological polar surface area (TPSA) is 53.1 Å². The summed E-state index contributed by atoms with van der Waals surface area (Å²) in [4.78, 5) is 4.74. The number of rotatable bonds is 2. The van der Waals surface area contributed by atoms with Crippen LogP contribution in [0.15, 0.2) is 18.2 Å². The van der Waals surface area contributed by atoms with E-state index in [1.807, 2.05) is 12.1 Å². The maximum atomic E-state index is 5.89. The van der Waals surface area contributed by atoms with Crippen LogP contribution in [0.4, 0.5) is 0 Å². The molecule has 0 bridgehead atoms. The van der Waals surface area contributed by atoms with Gasteiger partial charge in [0.2, 0.25) is 0 Å². The van der Waals surface area contributed by atoms with Gasteiger partial charge >= 0.3 is 0 Å². The third-order valence-corrected chi connectivity index (χ3v) is 3.87. The minimum atomic E-state index is -0.239. The Labute approximate surface area is 107 Å². The van der Waals surface area contributed by atoms with E-state index in [1.165, 1.54) is 0 Å². The Kier molecular flexibility index (Phi) is 2.64. The van der Waals surface area contributed by atoms with E-state index in [-0.39, 0.29) is 5.60 Å². The highest BCUT2D eigenvalue weighted by Crippen LogP contribution is 2.36. The van der Waals surface area contributed by atoms with E-state index in [0.717, 1.165) is 41.9 Å². The first-order chi connectivity index (χ1) is 8.64. The fourth-order valence-electron chi connectivity index (χ4n) is 2.79. The number of hydrogen-bond donors (Lipinski definition) is 1. The molecule has 1 saturated heterocycles. The Balaban J connectivity index is 2.16. The molecule has 1 aliphatic heterocycles. The number of ether oxygens (including phenoxy) is 1. The molecule has 18 heavy (non-hydrogen) atoms. The van der Waals surface area contributed by atoms with Crippen LogP contribution in [-0.4, -0.2) is 16.2 Å². The quantitative estimate of drug-likeness (QED) is 0.881. The van der Waals surface area contributed by atoms with Crippen molar-refractivity contribution in [2.24, 2.45) is 12.8 Å². The molecule has 96 valence electrons. The van der Waals surface area contributed by atoms with Gasteiger partial charge in [-0.2, -0.15) is 0 Å². The summed E-state index contributed by atoms with van der Waals surface area (Å²) in [6.07, 6.45) is 2.14. The zero-order valence-electron chi connectivity index (χ0n) is 10.9. The molecule has 1 aromatic carbocycles. The molecule has 0 aliphatic carbocycles. The average Bonchev–Trinajstić information content (AvgIpc) is 2.95.